The van der Waals surface area contributed by atoms with E-state index in [-0.39, 0.29) is 5.82 Å². The fourth-order valence-corrected chi connectivity index (χ4v) is 2.89. The van der Waals surface area contributed by atoms with Gasteiger partial charge in [-0.15, -0.1) is 0 Å². The first-order valence-electron chi connectivity index (χ1n) is 6.11. The second-order valence-corrected chi connectivity index (χ2v) is 6.10. The van der Waals surface area contributed by atoms with Crippen molar-refractivity contribution in [1.82, 2.24) is 9.78 Å². The predicted molar refractivity (Wildman–Crippen MR) is 83.1 cm³/mol. The average molecular weight is 343 g/mol. The number of thioether (sulfide) groups is 1. The highest BCUT2D eigenvalue weighted by Gasteiger charge is 2.14. The van der Waals surface area contributed by atoms with Gasteiger partial charge in [0.2, 0.25) is 0 Å². The molecule has 19 heavy (non-hydrogen) atoms. The Morgan fingerprint density at radius 3 is 2.63 bits per heavy atom. The fraction of sp³-hybridized carbons (Fsp3) is 0.357. The molecule has 0 unspecified atom stereocenters. The minimum atomic E-state index is -0.218. The van der Waals surface area contributed by atoms with Crippen LogP contribution in [0, 0.1) is 12.7 Å². The van der Waals surface area contributed by atoms with Gasteiger partial charge >= 0.3 is 0 Å². The van der Waals surface area contributed by atoms with Crippen molar-refractivity contribution in [3.63, 3.8) is 0 Å². The number of aromatic nitrogens is 2. The van der Waals surface area contributed by atoms with E-state index in [0.717, 1.165) is 40.1 Å². The van der Waals surface area contributed by atoms with E-state index in [4.69, 9.17) is 0 Å². The van der Waals surface area contributed by atoms with Crippen LogP contribution >= 0.6 is 27.7 Å². The molecule has 0 spiro atoms. The van der Waals surface area contributed by atoms with E-state index in [9.17, 15) is 4.39 Å². The first-order valence-corrected chi connectivity index (χ1v) is 8.30. The summed E-state index contributed by atoms with van der Waals surface area (Å²) < 4.78 is 16.0. The van der Waals surface area contributed by atoms with Gasteiger partial charge in [0.1, 0.15) is 5.82 Å². The summed E-state index contributed by atoms with van der Waals surface area (Å²) in [6, 6.07) is 6.55. The Bertz CT molecular complexity index is 551. The zero-order valence-corrected chi connectivity index (χ0v) is 13.4. The second-order valence-electron chi connectivity index (χ2n) is 4.32. The molecule has 0 N–H and O–H groups in total. The Hall–Kier alpha value is -0.810. The molecule has 0 saturated heterocycles. The van der Waals surface area contributed by atoms with Crippen LogP contribution in [0.4, 0.5) is 4.39 Å². The molecule has 2 nitrogen and oxygen atoms in total. The maximum atomic E-state index is 13.0. The summed E-state index contributed by atoms with van der Waals surface area (Å²) in [6.07, 6.45) is 3.17. The van der Waals surface area contributed by atoms with Gasteiger partial charge in [0.05, 0.1) is 15.9 Å². The van der Waals surface area contributed by atoms with Crippen molar-refractivity contribution in [1.29, 1.82) is 0 Å². The number of hydrogen-bond acceptors (Lipinski definition) is 2. The quantitative estimate of drug-likeness (QED) is 0.743. The van der Waals surface area contributed by atoms with E-state index in [0.29, 0.717) is 0 Å². The smallest absolute Gasteiger partial charge is 0.123 e. The molecule has 0 aliphatic heterocycles. The number of nitrogens with zero attached hydrogens (tertiary/aromatic N) is 2. The van der Waals surface area contributed by atoms with E-state index in [1.165, 1.54) is 12.1 Å². The third-order valence-corrected chi connectivity index (χ3v) is 4.54. The largest absolute Gasteiger partial charge is 0.263 e. The Kier molecular flexibility index (Phi) is 5.05. The number of hydrogen-bond donors (Lipinski definition) is 0. The van der Waals surface area contributed by atoms with Gasteiger partial charge in [0, 0.05) is 12.1 Å². The Labute approximate surface area is 125 Å². The van der Waals surface area contributed by atoms with Crippen LogP contribution < -0.4 is 0 Å². The monoisotopic (exact) mass is 342 g/mol. The number of benzene rings is 1. The fourth-order valence-electron chi connectivity index (χ4n) is 1.96. The lowest BCUT2D eigenvalue weighted by atomic mass is 10.1. The zero-order chi connectivity index (χ0) is 13.8. The molecule has 0 amide bonds. The molecule has 0 aliphatic carbocycles. The van der Waals surface area contributed by atoms with Crippen LogP contribution in [0.2, 0.25) is 0 Å². The van der Waals surface area contributed by atoms with Crippen molar-refractivity contribution in [2.24, 2.45) is 0 Å². The van der Waals surface area contributed by atoms with Crippen LogP contribution in [0.3, 0.4) is 0 Å². The molecule has 0 radical (unpaired) electrons. The summed E-state index contributed by atoms with van der Waals surface area (Å²) in [5.74, 6) is 0.893. The van der Waals surface area contributed by atoms with Crippen LogP contribution in [0.1, 0.15) is 12.1 Å². The van der Waals surface area contributed by atoms with E-state index in [2.05, 4.69) is 27.3 Å². The SMILES string of the molecule is CSCCCn1nc(C)c(Br)c1-c1ccc(F)cc1. The minimum Gasteiger partial charge on any atom is -0.263 e. The van der Waals surface area contributed by atoms with Crippen LogP contribution in [0.15, 0.2) is 28.7 Å². The predicted octanol–water partition coefficient (Wildman–Crippen LogP) is 4.51. The lowest BCUT2D eigenvalue weighted by Crippen LogP contribution is -2.03. The van der Waals surface area contributed by atoms with Crippen LogP contribution in [-0.2, 0) is 6.54 Å². The lowest BCUT2D eigenvalue weighted by Gasteiger charge is -2.08. The molecular weight excluding hydrogens is 327 g/mol. The Balaban J connectivity index is 2.34. The summed E-state index contributed by atoms with van der Waals surface area (Å²) in [6.45, 7) is 2.85. The highest BCUT2D eigenvalue weighted by molar-refractivity contribution is 9.10. The van der Waals surface area contributed by atoms with E-state index in [1.54, 1.807) is 12.1 Å². The summed E-state index contributed by atoms with van der Waals surface area (Å²) in [7, 11) is 0. The molecule has 0 saturated carbocycles. The second kappa shape index (κ2) is 6.57. The highest BCUT2D eigenvalue weighted by atomic mass is 79.9. The topological polar surface area (TPSA) is 17.8 Å². The van der Waals surface area contributed by atoms with Crippen molar-refractivity contribution in [2.75, 3.05) is 12.0 Å². The maximum absolute atomic E-state index is 13.0. The van der Waals surface area contributed by atoms with Crippen molar-refractivity contribution in [2.45, 2.75) is 19.9 Å². The third kappa shape index (κ3) is 3.39. The zero-order valence-electron chi connectivity index (χ0n) is 11.0. The van der Waals surface area contributed by atoms with Crippen LogP contribution in [-0.4, -0.2) is 21.8 Å². The maximum Gasteiger partial charge on any atom is 0.123 e. The van der Waals surface area contributed by atoms with Gasteiger partial charge in [0.15, 0.2) is 0 Å². The molecule has 5 heteroatoms. The molecule has 1 aromatic carbocycles. The van der Waals surface area contributed by atoms with Crippen molar-refractivity contribution in [3.8, 4) is 11.3 Å². The van der Waals surface area contributed by atoms with Gasteiger partial charge in [-0.2, -0.15) is 16.9 Å². The first kappa shape index (κ1) is 14.6. The van der Waals surface area contributed by atoms with Crippen molar-refractivity contribution in [3.05, 3.63) is 40.2 Å². The summed E-state index contributed by atoms with van der Waals surface area (Å²) in [4.78, 5) is 0. The summed E-state index contributed by atoms with van der Waals surface area (Å²) >= 11 is 5.42. The standard InChI is InChI=1S/C14H16BrFN2S/c1-10-13(15)14(11-4-6-12(16)7-5-11)18(17-10)8-3-9-19-2/h4-7H,3,8-9H2,1-2H3. The molecule has 2 rings (SSSR count). The van der Waals surface area contributed by atoms with Gasteiger partial charge in [-0.05, 0) is 65.5 Å². The van der Waals surface area contributed by atoms with Gasteiger partial charge in [-0.25, -0.2) is 4.39 Å². The number of aryl methyl sites for hydroxylation is 2. The minimum absolute atomic E-state index is 0.218. The Morgan fingerprint density at radius 2 is 2.00 bits per heavy atom. The average Bonchev–Trinajstić information content (AvgIpc) is 2.67. The summed E-state index contributed by atoms with van der Waals surface area (Å²) in [5.41, 5.74) is 2.97. The normalized spacial score (nSPS) is 10.9. The molecule has 102 valence electrons. The van der Waals surface area contributed by atoms with Crippen molar-refractivity contribution >= 4 is 27.7 Å². The summed E-state index contributed by atoms with van der Waals surface area (Å²) in [5, 5.41) is 4.55. The Morgan fingerprint density at radius 1 is 1.32 bits per heavy atom. The van der Waals surface area contributed by atoms with E-state index < -0.39 is 0 Å². The molecule has 0 bridgehead atoms. The molecule has 1 heterocycles. The van der Waals surface area contributed by atoms with Gasteiger partial charge < -0.3 is 0 Å². The number of halogens is 2. The highest BCUT2D eigenvalue weighted by Crippen LogP contribution is 2.31. The lowest BCUT2D eigenvalue weighted by molar-refractivity contribution is 0.607. The van der Waals surface area contributed by atoms with Gasteiger partial charge in [-0.3, -0.25) is 4.68 Å². The van der Waals surface area contributed by atoms with E-state index in [1.807, 2.05) is 23.4 Å². The van der Waals surface area contributed by atoms with Crippen LogP contribution in [0.5, 0.6) is 0 Å². The van der Waals surface area contributed by atoms with Crippen molar-refractivity contribution < 1.29 is 4.39 Å². The molecule has 0 atom stereocenters. The van der Waals surface area contributed by atoms with E-state index >= 15 is 0 Å². The molecule has 1 aromatic heterocycles. The molecule has 2 aromatic rings. The van der Waals surface area contributed by atoms with Crippen LogP contribution in [0.25, 0.3) is 11.3 Å². The number of rotatable bonds is 5. The molecule has 0 fully saturated rings. The van der Waals surface area contributed by atoms with Gasteiger partial charge in [-0.1, -0.05) is 0 Å². The van der Waals surface area contributed by atoms with Gasteiger partial charge in [0.25, 0.3) is 0 Å². The molecular formula is C14H16BrFN2S. The first-order chi connectivity index (χ1) is 9.13. The molecule has 0 aliphatic rings. The third-order valence-electron chi connectivity index (χ3n) is 2.89.